The molecule has 130 valence electrons. The van der Waals surface area contributed by atoms with Crippen LogP contribution in [-0.4, -0.2) is 30.2 Å². The molecule has 1 amide bonds. The predicted molar refractivity (Wildman–Crippen MR) is 99.7 cm³/mol. The summed E-state index contributed by atoms with van der Waals surface area (Å²) in [4.78, 5) is 21.6. The lowest BCUT2D eigenvalue weighted by molar-refractivity contribution is 0.103. The van der Waals surface area contributed by atoms with Crippen molar-refractivity contribution in [3.05, 3.63) is 77.6 Å². The minimum atomic E-state index is -0.151. The summed E-state index contributed by atoms with van der Waals surface area (Å²) in [6.45, 7) is 2.49. The van der Waals surface area contributed by atoms with E-state index in [9.17, 15) is 4.79 Å². The first kappa shape index (κ1) is 16.2. The average molecular weight is 364 g/mol. The minimum absolute atomic E-state index is 0.151. The first-order valence-electron chi connectivity index (χ1n) is 8.02. The van der Waals surface area contributed by atoms with E-state index in [-0.39, 0.29) is 5.91 Å². The average Bonchev–Trinajstić information content (AvgIpc) is 3.37. The lowest BCUT2D eigenvalue weighted by atomic mass is 10.2. The van der Waals surface area contributed by atoms with E-state index in [0.29, 0.717) is 11.4 Å². The molecule has 26 heavy (non-hydrogen) atoms. The molecule has 0 aliphatic rings. The predicted octanol–water partition coefficient (Wildman–Crippen LogP) is 3.13. The molecule has 4 rings (SSSR count). The van der Waals surface area contributed by atoms with Crippen LogP contribution in [0.25, 0.3) is 5.13 Å². The Morgan fingerprint density at radius 1 is 1.19 bits per heavy atom. The number of amides is 1. The summed E-state index contributed by atoms with van der Waals surface area (Å²) in [6, 6.07) is 11.5. The number of hydrogen-bond donors (Lipinski definition) is 1. The number of hydrogen-bond acceptors (Lipinski definition) is 5. The normalized spacial score (nSPS) is 10.8. The molecule has 0 spiro atoms. The Balaban J connectivity index is 1.46. The van der Waals surface area contributed by atoms with Gasteiger partial charge in [-0.1, -0.05) is 23.5 Å². The molecule has 0 fully saturated rings. The molecular formula is C18H16N6OS. The molecule has 0 atom stereocenters. The van der Waals surface area contributed by atoms with Crippen LogP contribution in [0.2, 0.25) is 0 Å². The van der Waals surface area contributed by atoms with Crippen molar-refractivity contribution in [1.82, 2.24) is 24.3 Å². The fraction of sp³-hybridized carbons (Fsp3) is 0.111. The lowest BCUT2D eigenvalue weighted by Gasteiger charge is -2.06. The van der Waals surface area contributed by atoms with Crippen LogP contribution in [0.5, 0.6) is 0 Å². The monoisotopic (exact) mass is 364 g/mol. The first-order chi connectivity index (χ1) is 12.7. The highest BCUT2D eigenvalue weighted by atomic mass is 32.1. The van der Waals surface area contributed by atoms with E-state index in [1.165, 1.54) is 17.7 Å². The Morgan fingerprint density at radius 2 is 1.96 bits per heavy atom. The van der Waals surface area contributed by atoms with Crippen molar-refractivity contribution in [3.8, 4) is 5.13 Å². The van der Waals surface area contributed by atoms with Crippen LogP contribution in [0.1, 0.15) is 20.9 Å². The smallest absolute Gasteiger partial charge is 0.267 e. The van der Waals surface area contributed by atoms with Crippen LogP contribution < -0.4 is 5.32 Å². The van der Waals surface area contributed by atoms with Gasteiger partial charge in [0.1, 0.15) is 17.5 Å². The summed E-state index contributed by atoms with van der Waals surface area (Å²) in [5.74, 6) is -0.151. The molecule has 8 heteroatoms. The number of benzene rings is 1. The highest BCUT2D eigenvalue weighted by molar-refractivity contribution is 7.16. The van der Waals surface area contributed by atoms with Crippen molar-refractivity contribution in [3.63, 3.8) is 0 Å². The van der Waals surface area contributed by atoms with Crippen molar-refractivity contribution in [2.45, 2.75) is 13.5 Å². The number of aromatic nitrogens is 5. The largest absolute Gasteiger partial charge is 0.321 e. The van der Waals surface area contributed by atoms with Gasteiger partial charge >= 0.3 is 0 Å². The van der Waals surface area contributed by atoms with Gasteiger partial charge in [0.2, 0.25) is 0 Å². The van der Waals surface area contributed by atoms with Crippen molar-refractivity contribution in [2.24, 2.45) is 0 Å². The third kappa shape index (κ3) is 3.40. The van der Waals surface area contributed by atoms with E-state index in [4.69, 9.17) is 0 Å². The second-order valence-electron chi connectivity index (χ2n) is 5.75. The van der Waals surface area contributed by atoms with Crippen molar-refractivity contribution in [1.29, 1.82) is 0 Å². The molecular weight excluding hydrogens is 348 g/mol. The van der Waals surface area contributed by atoms with Crippen LogP contribution in [0.15, 0.2) is 61.4 Å². The molecule has 3 aromatic heterocycles. The van der Waals surface area contributed by atoms with Crippen LogP contribution in [0.3, 0.4) is 0 Å². The number of nitrogens with one attached hydrogen (secondary N) is 1. The maximum absolute atomic E-state index is 12.6. The molecule has 1 N–H and O–H groups in total. The Morgan fingerprint density at radius 3 is 2.65 bits per heavy atom. The van der Waals surface area contributed by atoms with Gasteiger partial charge in [-0.05, 0) is 36.8 Å². The highest BCUT2D eigenvalue weighted by Crippen LogP contribution is 2.23. The van der Waals surface area contributed by atoms with E-state index in [2.05, 4.69) is 20.4 Å². The second kappa shape index (κ2) is 6.93. The summed E-state index contributed by atoms with van der Waals surface area (Å²) in [5, 5.41) is 7.79. The van der Waals surface area contributed by atoms with E-state index < -0.39 is 0 Å². The molecule has 0 saturated heterocycles. The van der Waals surface area contributed by atoms with Crippen molar-refractivity contribution in [2.75, 3.05) is 5.32 Å². The Hall–Kier alpha value is -3.26. The van der Waals surface area contributed by atoms with Crippen molar-refractivity contribution >= 4 is 22.9 Å². The van der Waals surface area contributed by atoms with Gasteiger partial charge in [-0.15, -0.1) is 0 Å². The molecule has 0 unspecified atom stereocenters. The fourth-order valence-corrected chi connectivity index (χ4v) is 3.48. The van der Waals surface area contributed by atoms with Crippen LogP contribution in [0, 0.1) is 6.92 Å². The number of thiazole rings is 1. The van der Waals surface area contributed by atoms with Crippen LogP contribution in [-0.2, 0) is 6.54 Å². The van der Waals surface area contributed by atoms with Gasteiger partial charge in [0.05, 0.1) is 12.2 Å². The van der Waals surface area contributed by atoms with Gasteiger partial charge in [-0.2, -0.15) is 5.10 Å². The summed E-state index contributed by atoms with van der Waals surface area (Å²) in [5.41, 5.74) is 2.55. The number of carbonyl (C=O) groups excluding carboxylic acids is 1. The van der Waals surface area contributed by atoms with Gasteiger partial charge in [-0.25, -0.2) is 14.6 Å². The van der Waals surface area contributed by atoms with Gasteiger partial charge in [0.15, 0.2) is 5.13 Å². The number of anilines is 1. The SMILES string of the molecule is Cc1nc(-n2cccc2)sc1C(=O)Nc1ccc(Cn2cncn2)cc1. The summed E-state index contributed by atoms with van der Waals surface area (Å²) in [7, 11) is 0. The quantitative estimate of drug-likeness (QED) is 0.590. The summed E-state index contributed by atoms with van der Waals surface area (Å²) >= 11 is 1.37. The summed E-state index contributed by atoms with van der Waals surface area (Å²) in [6.07, 6.45) is 7.00. The minimum Gasteiger partial charge on any atom is -0.321 e. The standard InChI is InChI=1S/C18H16N6OS/c1-13-16(26-18(21-13)23-8-2-3-9-23)17(25)22-15-6-4-14(5-7-15)10-24-12-19-11-20-24/h2-9,11-12H,10H2,1H3,(H,22,25). The molecule has 1 aromatic carbocycles. The molecule has 4 aromatic rings. The topological polar surface area (TPSA) is 77.6 Å². The first-order valence-corrected chi connectivity index (χ1v) is 8.84. The third-order valence-corrected chi connectivity index (χ3v) is 5.01. The van der Waals surface area contributed by atoms with E-state index >= 15 is 0 Å². The molecule has 7 nitrogen and oxygen atoms in total. The Labute approximate surface area is 154 Å². The maximum atomic E-state index is 12.6. The molecule has 0 radical (unpaired) electrons. The summed E-state index contributed by atoms with van der Waals surface area (Å²) < 4.78 is 3.64. The number of carbonyl (C=O) groups is 1. The van der Waals surface area contributed by atoms with Gasteiger partial charge < -0.3 is 9.88 Å². The highest BCUT2D eigenvalue weighted by Gasteiger charge is 2.16. The number of nitrogens with zero attached hydrogens (tertiary/aromatic N) is 5. The van der Waals surface area contributed by atoms with Crippen LogP contribution in [0.4, 0.5) is 5.69 Å². The number of aryl methyl sites for hydroxylation is 1. The van der Waals surface area contributed by atoms with Crippen LogP contribution >= 0.6 is 11.3 Å². The zero-order valence-electron chi connectivity index (χ0n) is 14.0. The maximum Gasteiger partial charge on any atom is 0.267 e. The molecule has 0 bridgehead atoms. The van der Waals surface area contributed by atoms with E-state index in [1.807, 2.05) is 60.3 Å². The number of rotatable bonds is 5. The van der Waals surface area contributed by atoms with E-state index in [1.54, 1.807) is 11.0 Å². The van der Waals surface area contributed by atoms with E-state index in [0.717, 1.165) is 22.1 Å². The zero-order valence-corrected chi connectivity index (χ0v) is 14.8. The van der Waals surface area contributed by atoms with Crippen molar-refractivity contribution < 1.29 is 4.79 Å². The van der Waals surface area contributed by atoms with Gasteiger partial charge in [0.25, 0.3) is 5.91 Å². The molecule has 0 aliphatic carbocycles. The molecule has 3 heterocycles. The second-order valence-corrected chi connectivity index (χ2v) is 6.72. The fourth-order valence-electron chi connectivity index (χ4n) is 2.55. The molecule has 0 aliphatic heterocycles. The Kier molecular flexibility index (Phi) is 4.32. The molecule has 0 saturated carbocycles. The van der Waals surface area contributed by atoms with Gasteiger partial charge in [-0.3, -0.25) is 4.79 Å². The lowest BCUT2D eigenvalue weighted by Crippen LogP contribution is -2.11. The van der Waals surface area contributed by atoms with Gasteiger partial charge in [0, 0.05) is 18.1 Å². The zero-order chi connectivity index (χ0) is 17.9. The third-order valence-electron chi connectivity index (χ3n) is 3.84. The Bertz CT molecular complexity index is 1000.